The van der Waals surface area contributed by atoms with Gasteiger partial charge in [-0.1, -0.05) is 37.5 Å². The van der Waals surface area contributed by atoms with Crippen LogP contribution < -0.4 is 16.4 Å². The Morgan fingerprint density at radius 1 is 1.08 bits per heavy atom. The summed E-state index contributed by atoms with van der Waals surface area (Å²) in [7, 11) is 0. The van der Waals surface area contributed by atoms with E-state index in [9.17, 15) is 9.59 Å². The third-order valence-electron chi connectivity index (χ3n) is 5.55. The molecular weight excluding hydrogens is 328 g/mol. The van der Waals surface area contributed by atoms with Gasteiger partial charge in [-0.25, -0.2) is 0 Å². The third-order valence-corrected chi connectivity index (χ3v) is 5.55. The van der Waals surface area contributed by atoms with Crippen molar-refractivity contribution in [2.45, 2.75) is 56.5 Å². The average molecular weight is 358 g/mol. The van der Waals surface area contributed by atoms with Gasteiger partial charge in [0.25, 0.3) is 0 Å². The average Bonchev–Trinajstić information content (AvgIpc) is 2.64. The zero-order valence-electron chi connectivity index (χ0n) is 15.4. The van der Waals surface area contributed by atoms with Gasteiger partial charge in [-0.15, -0.1) is 0 Å². The van der Waals surface area contributed by atoms with Crippen LogP contribution in [-0.2, 0) is 9.59 Å². The van der Waals surface area contributed by atoms with E-state index < -0.39 is 5.54 Å². The van der Waals surface area contributed by atoms with Crippen LogP contribution in [-0.4, -0.2) is 47.9 Å². The molecule has 0 unspecified atom stereocenters. The van der Waals surface area contributed by atoms with Crippen LogP contribution in [0.2, 0.25) is 0 Å². The van der Waals surface area contributed by atoms with Crippen molar-refractivity contribution in [3.8, 4) is 0 Å². The Bertz CT molecular complexity index is 605. The lowest BCUT2D eigenvalue weighted by Gasteiger charge is -2.36. The molecule has 0 atom stereocenters. The molecule has 3 rings (SSSR count). The molecule has 6 nitrogen and oxygen atoms in total. The molecule has 0 radical (unpaired) electrons. The van der Waals surface area contributed by atoms with Crippen LogP contribution in [0.1, 0.15) is 44.9 Å². The first-order chi connectivity index (χ1) is 12.5. The number of carbonyl (C=O) groups is 2. The van der Waals surface area contributed by atoms with Crippen molar-refractivity contribution >= 4 is 17.5 Å². The van der Waals surface area contributed by atoms with Gasteiger partial charge >= 0.3 is 0 Å². The molecule has 1 aliphatic carbocycles. The molecule has 26 heavy (non-hydrogen) atoms. The molecular formula is C20H30N4O2. The van der Waals surface area contributed by atoms with E-state index in [1.165, 1.54) is 6.42 Å². The molecule has 1 aliphatic heterocycles. The van der Waals surface area contributed by atoms with E-state index >= 15 is 0 Å². The standard InChI is InChI=1S/C20H30N4O2/c21-20(11-5-2-6-12-20)19(26)23-17-9-13-24(14-10-17)15-18(25)22-16-7-3-1-4-8-16/h1,3-4,7-8,17H,2,5-6,9-15,21H2,(H,22,25)(H,23,26). The number of nitrogens with zero attached hydrogens (tertiary/aromatic N) is 1. The van der Waals surface area contributed by atoms with Gasteiger partial charge in [-0.2, -0.15) is 0 Å². The van der Waals surface area contributed by atoms with Gasteiger partial charge in [0.1, 0.15) is 0 Å². The molecule has 2 amide bonds. The van der Waals surface area contributed by atoms with Crippen molar-refractivity contribution in [1.29, 1.82) is 0 Å². The highest BCUT2D eigenvalue weighted by atomic mass is 16.2. The van der Waals surface area contributed by atoms with Crippen LogP contribution in [0.25, 0.3) is 0 Å². The Morgan fingerprint density at radius 3 is 2.38 bits per heavy atom. The molecule has 0 bridgehead atoms. The first kappa shape index (κ1) is 18.9. The summed E-state index contributed by atoms with van der Waals surface area (Å²) in [5.41, 5.74) is 6.46. The number of carbonyl (C=O) groups excluding carboxylic acids is 2. The van der Waals surface area contributed by atoms with E-state index in [1.807, 2.05) is 30.3 Å². The number of anilines is 1. The number of likely N-dealkylation sites (tertiary alicyclic amines) is 1. The second-order valence-electron chi connectivity index (χ2n) is 7.65. The minimum Gasteiger partial charge on any atom is -0.352 e. The van der Waals surface area contributed by atoms with E-state index in [4.69, 9.17) is 5.73 Å². The van der Waals surface area contributed by atoms with Gasteiger partial charge in [0, 0.05) is 24.8 Å². The molecule has 2 aliphatic rings. The number of para-hydroxylation sites is 1. The Labute approximate surface area is 155 Å². The van der Waals surface area contributed by atoms with Crippen molar-refractivity contribution in [3.05, 3.63) is 30.3 Å². The number of hydrogen-bond donors (Lipinski definition) is 3. The second kappa shape index (κ2) is 8.64. The van der Waals surface area contributed by atoms with Crippen LogP contribution in [0.15, 0.2) is 30.3 Å². The maximum absolute atomic E-state index is 12.5. The zero-order chi connectivity index (χ0) is 18.4. The molecule has 0 spiro atoms. The fourth-order valence-corrected chi connectivity index (χ4v) is 3.90. The van der Waals surface area contributed by atoms with Crippen LogP contribution >= 0.6 is 0 Å². The number of nitrogens with one attached hydrogen (secondary N) is 2. The number of hydrogen-bond acceptors (Lipinski definition) is 4. The van der Waals surface area contributed by atoms with E-state index in [1.54, 1.807) is 0 Å². The van der Waals surface area contributed by atoms with Gasteiger partial charge in [0.2, 0.25) is 11.8 Å². The minimum atomic E-state index is -0.676. The fourth-order valence-electron chi connectivity index (χ4n) is 3.90. The Morgan fingerprint density at radius 2 is 1.73 bits per heavy atom. The number of piperidine rings is 1. The molecule has 2 fully saturated rings. The predicted octanol–water partition coefficient (Wildman–Crippen LogP) is 1.87. The fraction of sp³-hybridized carbons (Fsp3) is 0.600. The number of benzene rings is 1. The molecule has 1 saturated carbocycles. The highest BCUT2D eigenvalue weighted by molar-refractivity contribution is 5.92. The van der Waals surface area contributed by atoms with Gasteiger partial charge < -0.3 is 16.4 Å². The molecule has 1 aromatic carbocycles. The van der Waals surface area contributed by atoms with Crippen molar-refractivity contribution in [3.63, 3.8) is 0 Å². The van der Waals surface area contributed by atoms with Crippen LogP contribution in [0.5, 0.6) is 0 Å². The maximum Gasteiger partial charge on any atom is 0.240 e. The summed E-state index contributed by atoms with van der Waals surface area (Å²) in [6, 6.07) is 9.66. The molecule has 4 N–H and O–H groups in total. The van der Waals surface area contributed by atoms with E-state index in [-0.39, 0.29) is 17.9 Å². The van der Waals surface area contributed by atoms with Crippen molar-refractivity contribution in [2.75, 3.05) is 25.0 Å². The van der Waals surface area contributed by atoms with Crippen molar-refractivity contribution in [1.82, 2.24) is 10.2 Å². The Balaban J connectivity index is 1.40. The topological polar surface area (TPSA) is 87.5 Å². The monoisotopic (exact) mass is 358 g/mol. The number of rotatable bonds is 5. The predicted molar refractivity (Wildman–Crippen MR) is 103 cm³/mol. The highest BCUT2D eigenvalue weighted by Gasteiger charge is 2.36. The minimum absolute atomic E-state index is 0.00167. The van der Waals surface area contributed by atoms with E-state index in [2.05, 4.69) is 15.5 Å². The van der Waals surface area contributed by atoms with Gasteiger partial charge in [-0.3, -0.25) is 14.5 Å². The largest absolute Gasteiger partial charge is 0.352 e. The number of nitrogens with two attached hydrogens (primary N) is 1. The smallest absolute Gasteiger partial charge is 0.240 e. The highest BCUT2D eigenvalue weighted by Crippen LogP contribution is 2.26. The first-order valence-electron chi connectivity index (χ1n) is 9.72. The first-order valence-corrected chi connectivity index (χ1v) is 9.72. The summed E-state index contributed by atoms with van der Waals surface area (Å²) in [6.45, 7) is 2.01. The van der Waals surface area contributed by atoms with Gasteiger partial charge in [0.05, 0.1) is 12.1 Å². The third kappa shape index (κ3) is 5.05. The molecule has 0 aromatic heterocycles. The molecule has 6 heteroatoms. The van der Waals surface area contributed by atoms with Crippen molar-refractivity contribution < 1.29 is 9.59 Å². The van der Waals surface area contributed by atoms with Crippen LogP contribution in [0.4, 0.5) is 5.69 Å². The lowest BCUT2D eigenvalue weighted by Crippen LogP contribution is -2.58. The molecule has 142 valence electrons. The van der Waals surface area contributed by atoms with Crippen LogP contribution in [0, 0.1) is 0 Å². The molecule has 1 aromatic rings. The lowest BCUT2D eigenvalue weighted by molar-refractivity contribution is -0.128. The SMILES string of the molecule is NC1(C(=O)NC2CCN(CC(=O)Nc3ccccc3)CC2)CCCCC1. The summed E-state index contributed by atoms with van der Waals surface area (Å²) in [6.07, 6.45) is 6.56. The summed E-state index contributed by atoms with van der Waals surface area (Å²) in [4.78, 5) is 26.8. The Hall–Kier alpha value is -1.92. The summed E-state index contributed by atoms with van der Waals surface area (Å²) < 4.78 is 0. The summed E-state index contributed by atoms with van der Waals surface area (Å²) in [5.74, 6) is 0.0132. The van der Waals surface area contributed by atoms with E-state index in [0.29, 0.717) is 6.54 Å². The molecule has 1 heterocycles. The molecule has 1 saturated heterocycles. The Kier molecular flexibility index (Phi) is 6.27. The lowest BCUT2D eigenvalue weighted by atomic mass is 9.81. The quantitative estimate of drug-likeness (QED) is 0.750. The second-order valence-corrected chi connectivity index (χ2v) is 7.65. The summed E-state index contributed by atoms with van der Waals surface area (Å²) >= 11 is 0. The van der Waals surface area contributed by atoms with Crippen LogP contribution in [0.3, 0.4) is 0 Å². The van der Waals surface area contributed by atoms with Gasteiger partial charge in [-0.05, 0) is 37.8 Å². The number of amides is 2. The van der Waals surface area contributed by atoms with E-state index in [0.717, 1.165) is 57.3 Å². The van der Waals surface area contributed by atoms with Crippen molar-refractivity contribution in [2.24, 2.45) is 5.73 Å². The normalized spacial score (nSPS) is 21.1. The van der Waals surface area contributed by atoms with Gasteiger partial charge in [0.15, 0.2) is 0 Å². The summed E-state index contributed by atoms with van der Waals surface area (Å²) in [5, 5.41) is 6.07. The zero-order valence-corrected chi connectivity index (χ0v) is 15.4. The maximum atomic E-state index is 12.5.